The quantitative estimate of drug-likeness (QED) is 0.801. The molecule has 0 unspecified atom stereocenters. The lowest BCUT2D eigenvalue weighted by atomic mass is 10.2. The van der Waals surface area contributed by atoms with E-state index in [9.17, 15) is 4.79 Å². The van der Waals surface area contributed by atoms with Crippen molar-refractivity contribution in [2.75, 3.05) is 23.4 Å². The van der Waals surface area contributed by atoms with Crippen LogP contribution in [0.3, 0.4) is 0 Å². The monoisotopic (exact) mass is 340 g/mol. The highest BCUT2D eigenvalue weighted by Gasteiger charge is 2.16. The maximum absolute atomic E-state index is 12.2. The van der Waals surface area contributed by atoms with E-state index >= 15 is 0 Å². The lowest BCUT2D eigenvalue weighted by Crippen LogP contribution is -2.13. The lowest BCUT2D eigenvalue weighted by Gasteiger charge is -2.07. The largest absolute Gasteiger partial charge is 0.382 e. The molecule has 0 spiro atoms. The second-order valence-corrected chi connectivity index (χ2v) is 5.81. The van der Waals surface area contributed by atoms with Gasteiger partial charge in [-0.25, -0.2) is 4.98 Å². The molecule has 0 aliphatic carbocycles. The minimum absolute atomic E-state index is 0.236. The van der Waals surface area contributed by atoms with Gasteiger partial charge in [-0.1, -0.05) is 33.3 Å². The SMILES string of the molecule is CNc1nc(N)c(C(=O)Nc2cc(Br)ccc2C)s1. The van der Waals surface area contributed by atoms with Crippen LogP contribution in [0.2, 0.25) is 0 Å². The van der Waals surface area contributed by atoms with Crippen molar-refractivity contribution >= 4 is 49.8 Å². The van der Waals surface area contributed by atoms with E-state index in [-0.39, 0.29) is 11.7 Å². The predicted octanol–water partition coefficient (Wildman–Crippen LogP) is 3.09. The predicted molar refractivity (Wildman–Crippen MR) is 82.9 cm³/mol. The summed E-state index contributed by atoms with van der Waals surface area (Å²) in [7, 11) is 1.73. The van der Waals surface area contributed by atoms with Crippen molar-refractivity contribution in [3.05, 3.63) is 33.1 Å². The Morgan fingerprint density at radius 1 is 1.47 bits per heavy atom. The van der Waals surface area contributed by atoms with Crippen LogP contribution >= 0.6 is 27.3 Å². The molecule has 5 nitrogen and oxygen atoms in total. The van der Waals surface area contributed by atoms with Gasteiger partial charge in [0, 0.05) is 17.2 Å². The average molecular weight is 341 g/mol. The fourth-order valence-corrected chi connectivity index (χ4v) is 2.60. The van der Waals surface area contributed by atoms with Crippen molar-refractivity contribution in [3.8, 4) is 0 Å². The molecule has 7 heteroatoms. The van der Waals surface area contributed by atoms with E-state index in [4.69, 9.17) is 5.73 Å². The van der Waals surface area contributed by atoms with E-state index in [1.54, 1.807) is 7.05 Å². The van der Waals surface area contributed by atoms with Gasteiger partial charge >= 0.3 is 0 Å². The number of nitrogens with two attached hydrogens (primary N) is 1. The van der Waals surface area contributed by atoms with E-state index in [0.717, 1.165) is 15.7 Å². The maximum Gasteiger partial charge on any atom is 0.269 e. The number of hydrogen-bond acceptors (Lipinski definition) is 5. The molecule has 0 saturated heterocycles. The van der Waals surface area contributed by atoms with Crippen LogP contribution in [-0.2, 0) is 0 Å². The van der Waals surface area contributed by atoms with Gasteiger partial charge in [0.25, 0.3) is 5.91 Å². The number of nitrogens with one attached hydrogen (secondary N) is 2. The molecule has 1 aromatic heterocycles. The average Bonchev–Trinajstić information content (AvgIpc) is 2.75. The van der Waals surface area contributed by atoms with Gasteiger partial charge < -0.3 is 16.4 Å². The van der Waals surface area contributed by atoms with Crippen molar-refractivity contribution in [1.82, 2.24) is 4.98 Å². The number of nitrogen functional groups attached to an aromatic ring is 1. The Hall–Kier alpha value is -1.60. The third-order valence-corrected chi connectivity index (χ3v) is 4.10. The summed E-state index contributed by atoms with van der Waals surface area (Å²) >= 11 is 4.60. The molecule has 0 fully saturated rings. The molecule has 4 N–H and O–H groups in total. The fourth-order valence-electron chi connectivity index (χ4n) is 1.51. The second kappa shape index (κ2) is 5.58. The minimum Gasteiger partial charge on any atom is -0.382 e. The number of hydrogen-bond donors (Lipinski definition) is 3. The van der Waals surface area contributed by atoms with Crippen LogP contribution in [0.4, 0.5) is 16.6 Å². The summed E-state index contributed by atoms with van der Waals surface area (Å²) in [6.07, 6.45) is 0. The van der Waals surface area contributed by atoms with Crippen molar-refractivity contribution < 1.29 is 4.79 Å². The van der Waals surface area contributed by atoms with Crippen LogP contribution in [0.25, 0.3) is 0 Å². The molecule has 0 saturated carbocycles. The van der Waals surface area contributed by atoms with Gasteiger partial charge in [0.2, 0.25) is 0 Å². The number of rotatable bonds is 3. The van der Waals surface area contributed by atoms with Crippen LogP contribution in [0.1, 0.15) is 15.2 Å². The molecular formula is C12H13BrN4OS. The van der Waals surface area contributed by atoms with Crippen LogP contribution in [-0.4, -0.2) is 17.9 Å². The van der Waals surface area contributed by atoms with E-state index in [1.807, 2.05) is 25.1 Å². The molecule has 0 radical (unpaired) electrons. The Kier molecular flexibility index (Phi) is 4.06. The summed E-state index contributed by atoms with van der Waals surface area (Å²) in [6, 6.07) is 5.70. The molecule has 19 heavy (non-hydrogen) atoms. The zero-order valence-electron chi connectivity index (χ0n) is 10.5. The Morgan fingerprint density at radius 3 is 2.84 bits per heavy atom. The molecule has 0 aliphatic heterocycles. The first-order valence-electron chi connectivity index (χ1n) is 5.53. The van der Waals surface area contributed by atoms with Gasteiger partial charge in [-0.2, -0.15) is 0 Å². The second-order valence-electron chi connectivity index (χ2n) is 3.90. The Bertz CT molecular complexity index is 626. The molecule has 1 amide bonds. The van der Waals surface area contributed by atoms with Crippen molar-refractivity contribution in [2.45, 2.75) is 6.92 Å². The Labute approximate surface area is 123 Å². The number of carbonyl (C=O) groups is 1. The zero-order valence-corrected chi connectivity index (χ0v) is 12.9. The number of carbonyl (C=O) groups excluding carboxylic acids is 1. The first-order chi connectivity index (χ1) is 9.01. The molecule has 1 heterocycles. The Morgan fingerprint density at radius 2 is 2.21 bits per heavy atom. The summed E-state index contributed by atoms with van der Waals surface area (Å²) in [6.45, 7) is 1.93. The first kappa shape index (κ1) is 13.8. The summed E-state index contributed by atoms with van der Waals surface area (Å²) in [5.74, 6) is -0.0165. The molecule has 0 aliphatic rings. The van der Waals surface area contributed by atoms with Crippen LogP contribution in [0, 0.1) is 6.92 Å². The third-order valence-electron chi connectivity index (χ3n) is 2.52. The maximum atomic E-state index is 12.2. The summed E-state index contributed by atoms with van der Waals surface area (Å²) in [5, 5.41) is 6.33. The number of aryl methyl sites for hydroxylation is 1. The zero-order chi connectivity index (χ0) is 14.0. The number of anilines is 3. The smallest absolute Gasteiger partial charge is 0.269 e. The number of amides is 1. The number of halogens is 1. The molecular weight excluding hydrogens is 328 g/mol. The van der Waals surface area contributed by atoms with Crippen molar-refractivity contribution in [2.24, 2.45) is 0 Å². The highest BCUT2D eigenvalue weighted by atomic mass is 79.9. The van der Waals surface area contributed by atoms with Gasteiger partial charge in [-0.3, -0.25) is 4.79 Å². The van der Waals surface area contributed by atoms with Gasteiger partial charge in [0.15, 0.2) is 5.13 Å². The Balaban J connectivity index is 2.25. The summed E-state index contributed by atoms with van der Waals surface area (Å²) in [4.78, 5) is 16.6. The van der Waals surface area contributed by atoms with Crippen LogP contribution in [0.5, 0.6) is 0 Å². The van der Waals surface area contributed by atoms with E-state index in [0.29, 0.717) is 10.0 Å². The molecule has 0 atom stereocenters. The molecule has 0 bridgehead atoms. The number of aromatic nitrogens is 1. The topological polar surface area (TPSA) is 80.0 Å². The van der Waals surface area contributed by atoms with E-state index in [2.05, 4.69) is 31.5 Å². The van der Waals surface area contributed by atoms with Gasteiger partial charge in [0.05, 0.1) is 0 Å². The summed E-state index contributed by atoms with van der Waals surface area (Å²) < 4.78 is 0.904. The van der Waals surface area contributed by atoms with E-state index < -0.39 is 0 Å². The number of thiazole rings is 1. The van der Waals surface area contributed by atoms with Crippen molar-refractivity contribution in [1.29, 1.82) is 0 Å². The first-order valence-corrected chi connectivity index (χ1v) is 7.13. The highest BCUT2D eigenvalue weighted by molar-refractivity contribution is 9.10. The van der Waals surface area contributed by atoms with Gasteiger partial charge in [0.1, 0.15) is 10.7 Å². The highest BCUT2D eigenvalue weighted by Crippen LogP contribution is 2.27. The lowest BCUT2D eigenvalue weighted by molar-refractivity contribution is 0.103. The van der Waals surface area contributed by atoms with Crippen LogP contribution in [0.15, 0.2) is 22.7 Å². The molecule has 2 rings (SSSR count). The molecule has 2 aromatic rings. The standard InChI is InChI=1S/C12H13BrN4OS/c1-6-3-4-7(13)5-8(6)16-11(18)9-10(14)17-12(15-2)19-9/h3-5H,14H2,1-2H3,(H,15,17)(H,16,18). The normalized spacial score (nSPS) is 10.3. The third kappa shape index (κ3) is 3.05. The molecule has 100 valence electrons. The fraction of sp³-hybridized carbons (Fsp3) is 0.167. The van der Waals surface area contributed by atoms with Crippen LogP contribution < -0.4 is 16.4 Å². The van der Waals surface area contributed by atoms with Gasteiger partial charge in [-0.05, 0) is 24.6 Å². The van der Waals surface area contributed by atoms with Gasteiger partial charge in [-0.15, -0.1) is 0 Å². The van der Waals surface area contributed by atoms with Crippen molar-refractivity contribution in [3.63, 3.8) is 0 Å². The molecule has 1 aromatic carbocycles. The summed E-state index contributed by atoms with van der Waals surface area (Å²) in [5.41, 5.74) is 7.46. The number of benzene rings is 1. The minimum atomic E-state index is -0.252. The number of nitrogens with zero attached hydrogens (tertiary/aromatic N) is 1. The van der Waals surface area contributed by atoms with E-state index in [1.165, 1.54) is 11.3 Å².